The van der Waals surface area contributed by atoms with Crippen LogP contribution in [0.1, 0.15) is 36.5 Å². The number of benzene rings is 2. The zero-order valence-electron chi connectivity index (χ0n) is 11.7. The van der Waals surface area contributed by atoms with Crippen molar-refractivity contribution in [3.05, 3.63) is 59.2 Å². The Labute approximate surface area is 115 Å². The van der Waals surface area contributed by atoms with Crippen molar-refractivity contribution in [1.29, 1.82) is 0 Å². The van der Waals surface area contributed by atoms with Crippen molar-refractivity contribution in [2.45, 2.75) is 32.7 Å². The lowest BCUT2D eigenvalue weighted by Crippen LogP contribution is -2.23. The number of hydrogen-bond donors (Lipinski definition) is 1. The summed E-state index contributed by atoms with van der Waals surface area (Å²) in [5.74, 6) is 0.600. The number of fused-ring (bicyclic) bond motifs is 1. The second kappa shape index (κ2) is 5.18. The van der Waals surface area contributed by atoms with Crippen molar-refractivity contribution >= 4 is 0 Å². The summed E-state index contributed by atoms with van der Waals surface area (Å²) in [6.07, 6.45) is 1.14. The molecule has 0 aromatic heterocycles. The van der Waals surface area contributed by atoms with Crippen molar-refractivity contribution in [3.8, 4) is 11.1 Å². The summed E-state index contributed by atoms with van der Waals surface area (Å²) in [4.78, 5) is 0. The highest BCUT2D eigenvalue weighted by atomic mass is 14.9. The molecule has 1 N–H and O–H groups in total. The minimum atomic E-state index is 0.600. The largest absolute Gasteiger partial charge is 0.312 e. The van der Waals surface area contributed by atoms with Crippen molar-refractivity contribution in [1.82, 2.24) is 5.32 Å². The molecule has 1 heteroatoms. The molecule has 0 saturated heterocycles. The van der Waals surface area contributed by atoms with E-state index in [9.17, 15) is 0 Å². The molecular formula is C18H21N. The van der Waals surface area contributed by atoms with Gasteiger partial charge in [-0.3, -0.25) is 0 Å². The maximum absolute atomic E-state index is 3.44. The standard InChI is InChI=1S/C18H21N/c1-13(2)14-6-8-15(9-7-14)17-5-3-4-16-12-19-11-10-18(16)17/h3-9,13,19H,10-12H2,1-2H3. The summed E-state index contributed by atoms with van der Waals surface area (Å²) < 4.78 is 0. The molecule has 98 valence electrons. The molecule has 1 nitrogen and oxygen atoms in total. The Morgan fingerprint density at radius 2 is 1.79 bits per heavy atom. The molecule has 0 spiro atoms. The average Bonchev–Trinajstić information content (AvgIpc) is 2.47. The first kappa shape index (κ1) is 12.4. The lowest BCUT2D eigenvalue weighted by molar-refractivity contribution is 0.645. The van der Waals surface area contributed by atoms with Crippen molar-refractivity contribution in [2.75, 3.05) is 6.54 Å². The highest BCUT2D eigenvalue weighted by Gasteiger charge is 2.13. The molecule has 0 aliphatic carbocycles. The van der Waals surface area contributed by atoms with Gasteiger partial charge in [-0.25, -0.2) is 0 Å². The fourth-order valence-corrected chi connectivity index (χ4v) is 2.85. The van der Waals surface area contributed by atoms with Crippen LogP contribution in [-0.4, -0.2) is 6.54 Å². The average molecular weight is 251 g/mol. The Hall–Kier alpha value is -1.60. The maximum Gasteiger partial charge on any atom is 0.0208 e. The molecule has 1 aliphatic rings. The minimum Gasteiger partial charge on any atom is -0.312 e. The first-order valence-electron chi connectivity index (χ1n) is 7.17. The van der Waals surface area contributed by atoms with Crippen LogP contribution in [0.4, 0.5) is 0 Å². The SMILES string of the molecule is CC(C)c1ccc(-c2cccc3c2CCNC3)cc1. The van der Waals surface area contributed by atoms with Gasteiger partial charge in [-0.1, -0.05) is 56.3 Å². The van der Waals surface area contributed by atoms with Gasteiger partial charge in [0.2, 0.25) is 0 Å². The topological polar surface area (TPSA) is 12.0 Å². The highest BCUT2D eigenvalue weighted by Crippen LogP contribution is 2.29. The molecule has 0 bridgehead atoms. The molecule has 0 unspecified atom stereocenters. The molecule has 2 aromatic rings. The summed E-state index contributed by atoms with van der Waals surface area (Å²) in [5, 5.41) is 3.44. The third-order valence-electron chi connectivity index (χ3n) is 4.03. The molecule has 0 amide bonds. The van der Waals surface area contributed by atoms with E-state index in [1.807, 2.05) is 0 Å². The van der Waals surface area contributed by atoms with Gasteiger partial charge in [0.25, 0.3) is 0 Å². The Kier molecular flexibility index (Phi) is 3.39. The van der Waals surface area contributed by atoms with Crippen molar-refractivity contribution in [2.24, 2.45) is 0 Å². The van der Waals surface area contributed by atoms with E-state index in [0.29, 0.717) is 5.92 Å². The second-order valence-corrected chi connectivity index (χ2v) is 5.65. The lowest BCUT2D eigenvalue weighted by Gasteiger charge is -2.20. The van der Waals surface area contributed by atoms with E-state index in [2.05, 4.69) is 61.6 Å². The minimum absolute atomic E-state index is 0.600. The third-order valence-corrected chi connectivity index (χ3v) is 4.03. The Balaban J connectivity index is 2.02. The predicted molar refractivity (Wildman–Crippen MR) is 81.4 cm³/mol. The molecule has 0 radical (unpaired) electrons. The van der Waals surface area contributed by atoms with Gasteiger partial charge in [0.1, 0.15) is 0 Å². The summed E-state index contributed by atoms with van der Waals surface area (Å²) in [7, 11) is 0. The van der Waals surface area contributed by atoms with Gasteiger partial charge < -0.3 is 5.32 Å². The summed E-state index contributed by atoms with van der Waals surface area (Å²) >= 11 is 0. The predicted octanol–water partition coefficient (Wildman–Crippen LogP) is 4.12. The van der Waals surface area contributed by atoms with Crippen LogP contribution in [0.3, 0.4) is 0 Å². The molecule has 0 atom stereocenters. The Morgan fingerprint density at radius 1 is 1.00 bits per heavy atom. The normalized spacial score (nSPS) is 14.5. The fraction of sp³-hybridized carbons (Fsp3) is 0.333. The lowest BCUT2D eigenvalue weighted by atomic mass is 9.90. The molecule has 0 saturated carbocycles. The molecule has 1 heterocycles. The van der Waals surface area contributed by atoms with Crippen LogP contribution < -0.4 is 5.32 Å². The van der Waals surface area contributed by atoms with E-state index in [1.165, 1.54) is 27.8 Å². The van der Waals surface area contributed by atoms with Crippen LogP contribution in [0, 0.1) is 0 Å². The van der Waals surface area contributed by atoms with Crippen LogP contribution in [0.25, 0.3) is 11.1 Å². The van der Waals surface area contributed by atoms with Gasteiger partial charge in [0.05, 0.1) is 0 Å². The molecular weight excluding hydrogens is 230 g/mol. The molecule has 19 heavy (non-hydrogen) atoms. The van der Waals surface area contributed by atoms with Gasteiger partial charge in [-0.05, 0) is 46.7 Å². The molecule has 1 aliphatic heterocycles. The maximum atomic E-state index is 3.44. The van der Waals surface area contributed by atoms with E-state index in [4.69, 9.17) is 0 Å². The fourth-order valence-electron chi connectivity index (χ4n) is 2.85. The van der Waals surface area contributed by atoms with Gasteiger partial charge in [-0.15, -0.1) is 0 Å². The van der Waals surface area contributed by atoms with Gasteiger partial charge >= 0.3 is 0 Å². The van der Waals surface area contributed by atoms with E-state index >= 15 is 0 Å². The number of hydrogen-bond acceptors (Lipinski definition) is 1. The first-order chi connectivity index (χ1) is 9.25. The van der Waals surface area contributed by atoms with Gasteiger partial charge in [0, 0.05) is 6.54 Å². The third kappa shape index (κ3) is 2.43. The zero-order chi connectivity index (χ0) is 13.2. The van der Waals surface area contributed by atoms with Crippen molar-refractivity contribution in [3.63, 3.8) is 0 Å². The Morgan fingerprint density at radius 3 is 2.53 bits per heavy atom. The van der Waals surface area contributed by atoms with Gasteiger partial charge in [0.15, 0.2) is 0 Å². The summed E-state index contributed by atoms with van der Waals surface area (Å²) in [6, 6.07) is 15.8. The van der Waals surface area contributed by atoms with E-state index in [-0.39, 0.29) is 0 Å². The monoisotopic (exact) mass is 251 g/mol. The van der Waals surface area contributed by atoms with E-state index < -0.39 is 0 Å². The summed E-state index contributed by atoms with van der Waals surface area (Å²) in [6.45, 7) is 6.58. The van der Waals surface area contributed by atoms with Crippen LogP contribution in [0.5, 0.6) is 0 Å². The quantitative estimate of drug-likeness (QED) is 0.846. The second-order valence-electron chi connectivity index (χ2n) is 5.65. The van der Waals surface area contributed by atoms with E-state index in [1.54, 1.807) is 0 Å². The van der Waals surface area contributed by atoms with Crippen LogP contribution >= 0.6 is 0 Å². The Bertz CT molecular complexity index is 567. The summed E-state index contributed by atoms with van der Waals surface area (Å²) in [5.41, 5.74) is 7.16. The highest BCUT2D eigenvalue weighted by molar-refractivity contribution is 5.69. The first-order valence-corrected chi connectivity index (χ1v) is 7.17. The molecule has 0 fully saturated rings. The number of rotatable bonds is 2. The molecule has 2 aromatic carbocycles. The number of nitrogens with one attached hydrogen (secondary N) is 1. The zero-order valence-corrected chi connectivity index (χ0v) is 11.7. The van der Waals surface area contributed by atoms with E-state index in [0.717, 1.165) is 19.5 Å². The smallest absolute Gasteiger partial charge is 0.0208 e. The van der Waals surface area contributed by atoms with Crippen molar-refractivity contribution < 1.29 is 0 Å². The van der Waals surface area contributed by atoms with Crippen LogP contribution in [0.2, 0.25) is 0 Å². The van der Waals surface area contributed by atoms with Gasteiger partial charge in [-0.2, -0.15) is 0 Å². The van der Waals surface area contributed by atoms with Crippen LogP contribution in [0.15, 0.2) is 42.5 Å². The molecule has 3 rings (SSSR count). The van der Waals surface area contributed by atoms with Crippen LogP contribution in [-0.2, 0) is 13.0 Å².